The summed E-state index contributed by atoms with van der Waals surface area (Å²) >= 11 is 1.72. The number of rotatable bonds is 2. The number of amidine groups is 1. The Hall–Kier alpha value is -0.580. The lowest BCUT2D eigenvalue weighted by Crippen LogP contribution is -2.39. The Morgan fingerprint density at radius 1 is 1.64 bits per heavy atom. The van der Waals surface area contributed by atoms with E-state index in [1.807, 2.05) is 0 Å². The normalized spacial score (nSPS) is 31.6. The van der Waals surface area contributed by atoms with E-state index in [-0.39, 0.29) is 11.4 Å². The minimum Gasteiger partial charge on any atom is -0.325 e. The SMILES string of the molecule is CC(C)C1SC2=NCCCN2C1N=O. The van der Waals surface area contributed by atoms with Crippen LogP contribution in [0, 0.1) is 10.8 Å². The van der Waals surface area contributed by atoms with Crippen LogP contribution < -0.4 is 0 Å². The average Bonchev–Trinajstić information content (AvgIpc) is 2.56. The van der Waals surface area contributed by atoms with Crippen LogP contribution in [0.4, 0.5) is 0 Å². The van der Waals surface area contributed by atoms with Crippen molar-refractivity contribution < 1.29 is 0 Å². The first-order valence-electron chi connectivity index (χ1n) is 5.04. The monoisotopic (exact) mass is 213 g/mol. The van der Waals surface area contributed by atoms with Crippen molar-refractivity contribution in [1.82, 2.24) is 4.90 Å². The average molecular weight is 213 g/mol. The second-order valence-electron chi connectivity index (χ2n) is 4.06. The van der Waals surface area contributed by atoms with Gasteiger partial charge in [0.25, 0.3) is 0 Å². The lowest BCUT2D eigenvalue weighted by Gasteiger charge is -2.25. The van der Waals surface area contributed by atoms with Gasteiger partial charge in [0, 0.05) is 13.1 Å². The molecule has 1 fully saturated rings. The van der Waals surface area contributed by atoms with Crippen molar-refractivity contribution in [3.63, 3.8) is 0 Å². The van der Waals surface area contributed by atoms with E-state index >= 15 is 0 Å². The van der Waals surface area contributed by atoms with Crippen molar-refractivity contribution in [2.45, 2.75) is 31.7 Å². The van der Waals surface area contributed by atoms with Crippen molar-refractivity contribution in [2.75, 3.05) is 13.1 Å². The van der Waals surface area contributed by atoms with Gasteiger partial charge in [-0.05, 0) is 17.5 Å². The minimum atomic E-state index is -0.195. The Labute approximate surface area is 88.1 Å². The van der Waals surface area contributed by atoms with Gasteiger partial charge in [-0.1, -0.05) is 25.6 Å². The fraction of sp³-hybridized carbons (Fsp3) is 0.889. The molecule has 0 aromatic heterocycles. The highest BCUT2D eigenvalue weighted by atomic mass is 32.2. The maximum Gasteiger partial charge on any atom is 0.177 e. The number of nitroso groups, excluding NO2 is 1. The highest BCUT2D eigenvalue weighted by Crippen LogP contribution is 2.37. The molecule has 78 valence electrons. The molecule has 0 aromatic carbocycles. The third-order valence-electron chi connectivity index (χ3n) is 2.67. The summed E-state index contributed by atoms with van der Waals surface area (Å²) in [6.07, 6.45) is 0.847. The molecule has 4 nitrogen and oxygen atoms in total. The van der Waals surface area contributed by atoms with Crippen LogP contribution in [-0.4, -0.2) is 34.6 Å². The molecular formula is C9H15N3OS. The first-order chi connectivity index (χ1) is 6.74. The summed E-state index contributed by atoms with van der Waals surface area (Å²) in [5.74, 6) is 0.469. The molecule has 14 heavy (non-hydrogen) atoms. The lowest BCUT2D eigenvalue weighted by atomic mass is 10.1. The molecule has 0 aromatic rings. The number of hydrogen-bond donors (Lipinski definition) is 0. The molecule has 0 spiro atoms. The molecule has 0 radical (unpaired) electrons. The minimum absolute atomic E-state index is 0.195. The number of nitrogens with zero attached hydrogens (tertiary/aromatic N) is 3. The van der Waals surface area contributed by atoms with Gasteiger partial charge < -0.3 is 4.90 Å². The van der Waals surface area contributed by atoms with Crippen LogP contribution in [0.2, 0.25) is 0 Å². The van der Waals surface area contributed by atoms with Crippen molar-refractivity contribution >= 4 is 16.9 Å². The maximum atomic E-state index is 10.8. The Morgan fingerprint density at radius 3 is 3.07 bits per heavy atom. The van der Waals surface area contributed by atoms with E-state index in [1.54, 1.807) is 11.8 Å². The molecule has 0 bridgehead atoms. The van der Waals surface area contributed by atoms with Gasteiger partial charge >= 0.3 is 0 Å². The number of thioether (sulfide) groups is 1. The summed E-state index contributed by atoms with van der Waals surface area (Å²) in [4.78, 5) is 17.3. The first-order valence-corrected chi connectivity index (χ1v) is 5.92. The summed E-state index contributed by atoms with van der Waals surface area (Å²) in [5, 5.41) is 4.56. The molecule has 2 aliphatic heterocycles. The molecular weight excluding hydrogens is 198 g/mol. The Balaban J connectivity index is 2.21. The highest BCUT2D eigenvalue weighted by Gasteiger charge is 2.42. The van der Waals surface area contributed by atoms with E-state index in [2.05, 4.69) is 28.9 Å². The summed E-state index contributed by atoms with van der Waals surface area (Å²) in [6.45, 7) is 6.10. The second kappa shape index (κ2) is 3.88. The first kappa shape index (κ1) is 9.96. The van der Waals surface area contributed by atoms with Crippen molar-refractivity contribution in [3.8, 4) is 0 Å². The van der Waals surface area contributed by atoms with Crippen LogP contribution in [-0.2, 0) is 0 Å². The van der Waals surface area contributed by atoms with Gasteiger partial charge in [-0.3, -0.25) is 4.99 Å². The van der Waals surface area contributed by atoms with Gasteiger partial charge in [-0.25, -0.2) is 0 Å². The largest absolute Gasteiger partial charge is 0.325 e. The van der Waals surface area contributed by atoms with Crippen LogP contribution in [0.3, 0.4) is 0 Å². The molecule has 2 heterocycles. The zero-order valence-electron chi connectivity index (χ0n) is 8.51. The van der Waals surface area contributed by atoms with Crippen molar-refractivity contribution in [1.29, 1.82) is 0 Å². The molecule has 1 saturated heterocycles. The van der Waals surface area contributed by atoms with E-state index in [1.165, 1.54) is 0 Å². The Bertz CT molecular complexity index is 267. The fourth-order valence-corrected chi connectivity index (χ4v) is 3.24. The molecule has 0 aliphatic carbocycles. The molecule has 0 N–H and O–H groups in total. The van der Waals surface area contributed by atoms with E-state index in [4.69, 9.17) is 0 Å². The molecule has 0 saturated carbocycles. The zero-order chi connectivity index (χ0) is 10.1. The van der Waals surface area contributed by atoms with Gasteiger partial charge in [-0.2, -0.15) is 0 Å². The lowest BCUT2D eigenvalue weighted by molar-refractivity contribution is 0.292. The van der Waals surface area contributed by atoms with Crippen molar-refractivity contribution in [3.05, 3.63) is 4.91 Å². The molecule has 2 rings (SSSR count). The van der Waals surface area contributed by atoms with Crippen LogP contribution in [0.5, 0.6) is 0 Å². The topological polar surface area (TPSA) is 45.0 Å². The quantitative estimate of drug-likeness (QED) is 0.658. The third-order valence-corrected chi connectivity index (χ3v) is 4.30. The van der Waals surface area contributed by atoms with E-state index in [9.17, 15) is 4.91 Å². The van der Waals surface area contributed by atoms with Crippen LogP contribution in [0.15, 0.2) is 10.2 Å². The van der Waals surface area contributed by atoms with Gasteiger partial charge in [0.15, 0.2) is 11.3 Å². The predicted molar refractivity (Wildman–Crippen MR) is 59.4 cm³/mol. The Kier molecular flexibility index (Phi) is 2.76. The van der Waals surface area contributed by atoms with Crippen LogP contribution in [0.1, 0.15) is 20.3 Å². The van der Waals surface area contributed by atoms with Gasteiger partial charge in [0.05, 0.1) is 5.25 Å². The van der Waals surface area contributed by atoms with Crippen molar-refractivity contribution in [2.24, 2.45) is 16.1 Å². The standard InChI is InChI=1S/C9H15N3OS/c1-6(2)7-8(11-13)12-5-3-4-10-9(12)14-7/h6-8H,3-5H2,1-2H3. The third kappa shape index (κ3) is 1.54. The summed E-state index contributed by atoms with van der Waals surface area (Å²) < 4.78 is 0. The number of aliphatic imine (C=N–C) groups is 1. The van der Waals surface area contributed by atoms with E-state index in [0.29, 0.717) is 5.92 Å². The summed E-state index contributed by atoms with van der Waals surface area (Å²) in [6, 6.07) is 0. The van der Waals surface area contributed by atoms with Crippen LogP contribution >= 0.6 is 11.8 Å². The molecule has 2 atom stereocenters. The van der Waals surface area contributed by atoms with Crippen LogP contribution in [0.25, 0.3) is 0 Å². The number of hydrogen-bond acceptors (Lipinski definition) is 5. The molecule has 2 unspecified atom stereocenters. The summed E-state index contributed by atoms with van der Waals surface area (Å²) in [7, 11) is 0. The van der Waals surface area contributed by atoms with E-state index < -0.39 is 0 Å². The highest BCUT2D eigenvalue weighted by molar-refractivity contribution is 8.14. The van der Waals surface area contributed by atoms with E-state index in [0.717, 1.165) is 24.7 Å². The van der Waals surface area contributed by atoms with Gasteiger partial charge in [0.1, 0.15) is 0 Å². The maximum absolute atomic E-state index is 10.8. The summed E-state index contributed by atoms with van der Waals surface area (Å²) in [5.41, 5.74) is 0. The molecule has 0 amide bonds. The Morgan fingerprint density at radius 2 is 2.43 bits per heavy atom. The molecule has 2 aliphatic rings. The number of fused-ring (bicyclic) bond motifs is 1. The van der Waals surface area contributed by atoms with Gasteiger partial charge in [-0.15, -0.1) is 4.91 Å². The van der Waals surface area contributed by atoms with Gasteiger partial charge in [0.2, 0.25) is 0 Å². The second-order valence-corrected chi connectivity index (χ2v) is 5.20. The fourth-order valence-electron chi connectivity index (χ4n) is 1.91. The zero-order valence-corrected chi connectivity index (χ0v) is 9.33. The predicted octanol–water partition coefficient (Wildman–Crippen LogP) is 1.91. The molecule has 5 heteroatoms. The smallest absolute Gasteiger partial charge is 0.177 e.